The van der Waals surface area contributed by atoms with Crippen molar-refractivity contribution in [1.82, 2.24) is 19.9 Å². The van der Waals surface area contributed by atoms with Gasteiger partial charge in [0.1, 0.15) is 11.1 Å². The van der Waals surface area contributed by atoms with Gasteiger partial charge >= 0.3 is 0 Å². The average Bonchev–Trinajstić information content (AvgIpc) is 3.33. The number of ether oxygens (including phenoxy) is 2. The van der Waals surface area contributed by atoms with E-state index >= 15 is 0 Å². The highest BCUT2D eigenvalue weighted by Gasteiger charge is 2.23. The third-order valence-electron chi connectivity index (χ3n) is 4.42. The fourth-order valence-electron chi connectivity index (χ4n) is 2.99. The molecular formula is C18H16ClFN4O4. The second-order valence-corrected chi connectivity index (χ2v) is 6.67. The first-order chi connectivity index (χ1) is 13.5. The van der Waals surface area contributed by atoms with Crippen LogP contribution in [0.15, 0.2) is 24.5 Å². The first-order valence-electron chi connectivity index (χ1n) is 8.51. The molecule has 1 amide bonds. The first-order valence-corrected chi connectivity index (χ1v) is 8.89. The van der Waals surface area contributed by atoms with Crippen molar-refractivity contribution in [3.63, 3.8) is 0 Å². The van der Waals surface area contributed by atoms with Crippen molar-refractivity contribution in [2.24, 2.45) is 0 Å². The highest BCUT2D eigenvalue weighted by molar-refractivity contribution is 6.31. The van der Waals surface area contributed by atoms with Crippen LogP contribution in [-0.2, 0) is 4.74 Å². The largest absolute Gasteiger partial charge is 0.505 e. The van der Waals surface area contributed by atoms with Crippen molar-refractivity contribution in [1.29, 1.82) is 0 Å². The molecule has 0 radical (unpaired) electrons. The van der Waals surface area contributed by atoms with E-state index in [9.17, 15) is 14.3 Å². The maximum absolute atomic E-state index is 14.6. The summed E-state index contributed by atoms with van der Waals surface area (Å²) in [6, 6.07) is 2.38. The van der Waals surface area contributed by atoms with E-state index in [1.165, 1.54) is 30.0 Å². The highest BCUT2D eigenvalue weighted by Crippen LogP contribution is 2.34. The first kappa shape index (κ1) is 18.5. The number of carbonyl (C=O) groups is 1. The summed E-state index contributed by atoms with van der Waals surface area (Å²) >= 11 is 6.22. The Morgan fingerprint density at radius 3 is 3.00 bits per heavy atom. The molecule has 4 rings (SSSR count). The van der Waals surface area contributed by atoms with Gasteiger partial charge in [0.15, 0.2) is 17.2 Å². The summed E-state index contributed by atoms with van der Waals surface area (Å²) in [4.78, 5) is 16.3. The SMILES string of the molecule is CNC(=O)c1cc(O)c(F)c(-c2cnn3cc(Cl)c(OC4CCOC4)nc23)c1. The monoisotopic (exact) mass is 406 g/mol. The molecule has 1 atom stereocenters. The summed E-state index contributed by atoms with van der Waals surface area (Å²) in [7, 11) is 1.44. The van der Waals surface area contributed by atoms with Crippen molar-refractivity contribution < 1.29 is 23.8 Å². The van der Waals surface area contributed by atoms with Crippen molar-refractivity contribution in [2.45, 2.75) is 12.5 Å². The Kier molecular flexibility index (Phi) is 4.78. The van der Waals surface area contributed by atoms with Crippen LogP contribution in [-0.4, -0.2) is 52.0 Å². The van der Waals surface area contributed by atoms with Crippen LogP contribution in [0.4, 0.5) is 4.39 Å². The minimum atomic E-state index is -0.883. The number of halogens is 2. The molecular weight excluding hydrogens is 391 g/mol. The van der Waals surface area contributed by atoms with Gasteiger partial charge in [0, 0.05) is 30.2 Å². The number of benzene rings is 1. The van der Waals surface area contributed by atoms with Gasteiger partial charge in [-0.2, -0.15) is 10.1 Å². The second-order valence-electron chi connectivity index (χ2n) is 6.26. The lowest BCUT2D eigenvalue weighted by Crippen LogP contribution is -2.18. The lowest BCUT2D eigenvalue weighted by molar-refractivity contribution is 0.0962. The van der Waals surface area contributed by atoms with Gasteiger partial charge in [-0.3, -0.25) is 4.79 Å². The number of aromatic hydroxyl groups is 1. The average molecular weight is 407 g/mol. The lowest BCUT2D eigenvalue weighted by atomic mass is 10.0. The zero-order chi connectivity index (χ0) is 19.8. The predicted octanol–water partition coefficient (Wildman–Crippen LogP) is 2.42. The molecule has 2 aromatic heterocycles. The molecule has 1 aromatic carbocycles. The quantitative estimate of drug-likeness (QED) is 0.690. The molecule has 0 aliphatic carbocycles. The number of hydrogen-bond donors (Lipinski definition) is 2. The number of phenolic OH excluding ortho intramolecular Hbond substituents is 1. The molecule has 2 N–H and O–H groups in total. The van der Waals surface area contributed by atoms with Crippen molar-refractivity contribution in [3.8, 4) is 22.8 Å². The van der Waals surface area contributed by atoms with E-state index in [1.54, 1.807) is 0 Å². The fraction of sp³-hybridized carbons (Fsp3) is 0.278. The van der Waals surface area contributed by atoms with Gasteiger partial charge in [-0.1, -0.05) is 11.6 Å². The van der Waals surface area contributed by atoms with Gasteiger partial charge in [-0.15, -0.1) is 0 Å². The molecule has 28 heavy (non-hydrogen) atoms. The summed E-state index contributed by atoms with van der Waals surface area (Å²) in [5, 5.41) is 16.7. The third kappa shape index (κ3) is 3.23. The van der Waals surface area contributed by atoms with E-state index in [4.69, 9.17) is 21.1 Å². The number of fused-ring (bicyclic) bond motifs is 1. The van der Waals surface area contributed by atoms with Gasteiger partial charge in [-0.25, -0.2) is 8.91 Å². The molecule has 0 bridgehead atoms. The molecule has 1 saturated heterocycles. The fourth-order valence-corrected chi connectivity index (χ4v) is 3.17. The molecule has 0 spiro atoms. The molecule has 0 saturated carbocycles. The summed E-state index contributed by atoms with van der Waals surface area (Å²) in [5.74, 6) is -1.82. The standard InChI is InChI=1S/C18H16ClFN4O4/c1-21-17(26)9-4-11(15(20)14(25)5-9)12-6-22-24-7-13(19)18(23-16(12)24)28-10-2-3-27-8-10/h4-7,10,25H,2-3,8H2,1H3,(H,21,26). The molecule has 1 unspecified atom stereocenters. The summed E-state index contributed by atoms with van der Waals surface area (Å²) in [5.41, 5.74) is 0.635. The number of phenols is 1. The zero-order valence-corrected chi connectivity index (χ0v) is 15.5. The van der Waals surface area contributed by atoms with E-state index in [1.807, 2.05) is 0 Å². The van der Waals surface area contributed by atoms with Gasteiger partial charge < -0.3 is 19.9 Å². The minimum absolute atomic E-state index is 0.0152. The van der Waals surface area contributed by atoms with Crippen LogP contribution in [0.2, 0.25) is 5.02 Å². The number of rotatable bonds is 4. The van der Waals surface area contributed by atoms with Crippen LogP contribution >= 0.6 is 11.6 Å². The van der Waals surface area contributed by atoms with E-state index in [-0.39, 0.29) is 39.3 Å². The van der Waals surface area contributed by atoms with Crippen LogP contribution in [0.1, 0.15) is 16.8 Å². The van der Waals surface area contributed by atoms with Crippen LogP contribution in [0.5, 0.6) is 11.6 Å². The number of nitrogens with zero attached hydrogens (tertiary/aromatic N) is 3. The molecule has 1 aliphatic heterocycles. The van der Waals surface area contributed by atoms with Crippen molar-refractivity contribution in [2.75, 3.05) is 20.3 Å². The van der Waals surface area contributed by atoms with Gasteiger partial charge in [0.2, 0.25) is 5.88 Å². The molecule has 8 nitrogen and oxygen atoms in total. The van der Waals surface area contributed by atoms with Crippen molar-refractivity contribution >= 4 is 23.2 Å². The highest BCUT2D eigenvalue weighted by atomic mass is 35.5. The molecule has 146 valence electrons. The molecule has 3 heterocycles. The summed E-state index contributed by atoms with van der Waals surface area (Å²) in [6.45, 7) is 1.03. The Bertz CT molecular complexity index is 1070. The van der Waals surface area contributed by atoms with Gasteiger partial charge in [0.05, 0.1) is 25.6 Å². The minimum Gasteiger partial charge on any atom is -0.505 e. The number of carbonyl (C=O) groups excluding carboxylic acids is 1. The summed E-state index contributed by atoms with van der Waals surface area (Å²) < 4.78 is 27.1. The Hall–Kier alpha value is -2.91. The van der Waals surface area contributed by atoms with Crippen LogP contribution in [0.25, 0.3) is 16.8 Å². The topological polar surface area (TPSA) is 98.0 Å². The lowest BCUT2D eigenvalue weighted by Gasteiger charge is -2.12. The zero-order valence-electron chi connectivity index (χ0n) is 14.8. The Morgan fingerprint density at radius 1 is 1.46 bits per heavy atom. The van der Waals surface area contributed by atoms with Crippen LogP contribution in [0.3, 0.4) is 0 Å². The second kappa shape index (κ2) is 7.25. The van der Waals surface area contributed by atoms with Crippen molar-refractivity contribution in [3.05, 3.63) is 40.9 Å². The number of hydrogen-bond acceptors (Lipinski definition) is 6. The predicted molar refractivity (Wildman–Crippen MR) is 98.3 cm³/mol. The van der Waals surface area contributed by atoms with Gasteiger partial charge in [0.25, 0.3) is 5.91 Å². The maximum atomic E-state index is 14.6. The van der Waals surface area contributed by atoms with E-state index < -0.39 is 17.5 Å². The van der Waals surface area contributed by atoms with E-state index in [0.717, 1.165) is 6.07 Å². The molecule has 10 heteroatoms. The van der Waals surface area contributed by atoms with Gasteiger partial charge in [-0.05, 0) is 12.1 Å². The number of nitrogens with one attached hydrogen (secondary N) is 1. The summed E-state index contributed by atoms with van der Waals surface area (Å²) in [6.07, 6.45) is 3.42. The van der Waals surface area contributed by atoms with Crippen LogP contribution < -0.4 is 10.1 Å². The Balaban J connectivity index is 1.83. The third-order valence-corrected chi connectivity index (χ3v) is 4.67. The maximum Gasteiger partial charge on any atom is 0.251 e. The number of aromatic nitrogens is 3. The molecule has 1 aliphatic rings. The van der Waals surface area contributed by atoms with E-state index in [0.29, 0.717) is 19.6 Å². The normalized spacial score (nSPS) is 16.5. The Labute approximate surface area is 163 Å². The number of amides is 1. The molecule has 3 aromatic rings. The molecule has 1 fully saturated rings. The Morgan fingerprint density at radius 2 is 2.29 bits per heavy atom. The van der Waals surface area contributed by atoms with E-state index in [2.05, 4.69) is 15.4 Å². The smallest absolute Gasteiger partial charge is 0.251 e. The van der Waals surface area contributed by atoms with Crippen LogP contribution in [0, 0.1) is 5.82 Å².